The zero-order valence-corrected chi connectivity index (χ0v) is 12.8. The largest absolute Gasteiger partial charge is 0.479 e. The summed E-state index contributed by atoms with van der Waals surface area (Å²) in [6, 6.07) is 13.3. The Morgan fingerprint density at radius 3 is 1.68 bits per heavy atom. The first-order chi connectivity index (χ1) is 8.94. The van der Waals surface area contributed by atoms with Crippen molar-refractivity contribution in [2.24, 2.45) is 0 Å². The Hall–Kier alpha value is -1.17. The lowest BCUT2D eigenvalue weighted by Gasteiger charge is -2.24. The minimum atomic E-state index is -2.08. The van der Waals surface area contributed by atoms with Crippen LogP contribution in [0.3, 0.4) is 0 Å². The molecule has 0 heterocycles. The minimum absolute atomic E-state index is 0.299. The van der Waals surface area contributed by atoms with Gasteiger partial charge in [0.15, 0.2) is 0 Å². The van der Waals surface area contributed by atoms with E-state index in [1.807, 2.05) is 0 Å². The number of rotatable bonds is 3. The number of halogens is 2. The van der Waals surface area contributed by atoms with Crippen LogP contribution in [0.4, 0.5) is 0 Å². The number of carboxylic acid groups (broad SMARTS) is 1. The van der Waals surface area contributed by atoms with E-state index in [1.165, 1.54) is 0 Å². The summed E-state index contributed by atoms with van der Waals surface area (Å²) in [5.74, 6) is -1.32. The van der Waals surface area contributed by atoms with Gasteiger partial charge in [0.05, 0.1) is 0 Å². The Balaban J connectivity index is 2.65. The molecule has 0 bridgehead atoms. The van der Waals surface area contributed by atoms with Gasteiger partial charge in [0.2, 0.25) is 5.60 Å². The monoisotopic (exact) mass is 384 g/mol. The first-order valence-corrected chi connectivity index (χ1v) is 7.01. The Morgan fingerprint density at radius 1 is 0.947 bits per heavy atom. The first-order valence-electron chi connectivity index (χ1n) is 5.42. The van der Waals surface area contributed by atoms with Crippen molar-refractivity contribution in [3.8, 4) is 0 Å². The smallest absolute Gasteiger partial charge is 0.345 e. The zero-order chi connectivity index (χ0) is 14.0. The van der Waals surface area contributed by atoms with Crippen molar-refractivity contribution < 1.29 is 15.0 Å². The Kier molecular flexibility index (Phi) is 4.08. The summed E-state index contributed by atoms with van der Waals surface area (Å²) in [5.41, 5.74) is -1.48. The van der Waals surface area contributed by atoms with Crippen LogP contribution >= 0.6 is 31.9 Å². The Bertz CT molecular complexity index is 580. The number of hydrogen-bond acceptors (Lipinski definition) is 2. The van der Waals surface area contributed by atoms with Gasteiger partial charge in [-0.1, -0.05) is 56.1 Å². The molecule has 0 aliphatic heterocycles. The molecule has 0 unspecified atom stereocenters. The van der Waals surface area contributed by atoms with Crippen molar-refractivity contribution >= 4 is 37.8 Å². The predicted octanol–water partition coefficient (Wildman–Crippen LogP) is 3.53. The van der Waals surface area contributed by atoms with Gasteiger partial charge in [-0.15, -0.1) is 0 Å². The molecule has 19 heavy (non-hydrogen) atoms. The maximum atomic E-state index is 11.6. The van der Waals surface area contributed by atoms with E-state index < -0.39 is 11.6 Å². The molecule has 0 fully saturated rings. The van der Waals surface area contributed by atoms with Crippen LogP contribution in [0, 0.1) is 0 Å². The Morgan fingerprint density at radius 2 is 1.37 bits per heavy atom. The summed E-state index contributed by atoms with van der Waals surface area (Å²) >= 11 is 6.55. The molecule has 2 aromatic rings. The number of aliphatic hydroxyl groups is 1. The molecule has 0 spiro atoms. The third-order valence-corrected chi connectivity index (χ3v) is 3.78. The lowest BCUT2D eigenvalue weighted by Crippen LogP contribution is -2.36. The lowest BCUT2D eigenvalue weighted by atomic mass is 9.86. The van der Waals surface area contributed by atoms with Crippen LogP contribution in [0.5, 0.6) is 0 Å². The molecule has 0 aromatic heterocycles. The second kappa shape index (κ2) is 5.45. The SMILES string of the molecule is O=C(O)C(O)(c1cccc(Br)c1)c1cccc(Br)c1. The normalized spacial score (nSPS) is 11.3. The molecular formula is C14H10Br2O3. The molecule has 3 nitrogen and oxygen atoms in total. The average Bonchev–Trinajstić information content (AvgIpc) is 2.37. The van der Waals surface area contributed by atoms with E-state index in [4.69, 9.17) is 0 Å². The van der Waals surface area contributed by atoms with Gasteiger partial charge in [-0.2, -0.15) is 0 Å². The quantitative estimate of drug-likeness (QED) is 0.849. The van der Waals surface area contributed by atoms with Gasteiger partial charge in [-0.3, -0.25) is 0 Å². The van der Waals surface area contributed by atoms with E-state index in [0.29, 0.717) is 20.1 Å². The standard InChI is InChI=1S/C14H10Br2O3/c15-11-5-1-3-9(7-11)14(19,13(17)18)10-4-2-6-12(16)8-10/h1-8,19H,(H,17,18). The van der Waals surface area contributed by atoms with Gasteiger partial charge in [0.25, 0.3) is 0 Å². The highest BCUT2D eigenvalue weighted by atomic mass is 79.9. The number of benzene rings is 2. The fraction of sp³-hybridized carbons (Fsp3) is 0.0714. The third-order valence-electron chi connectivity index (χ3n) is 2.79. The third kappa shape index (κ3) is 2.73. The molecule has 2 N–H and O–H groups in total. The highest BCUT2D eigenvalue weighted by Gasteiger charge is 2.40. The van der Waals surface area contributed by atoms with Crippen molar-refractivity contribution in [2.45, 2.75) is 5.60 Å². The molecule has 0 aliphatic rings. The zero-order valence-electron chi connectivity index (χ0n) is 9.68. The summed E-state index contributed by atoms with van der Waals surface area (Å²) in [6.07, 6.45) is 0. The number of carboxylic acids is 1. The van der Waals surface area contributed by atoms with Crippen molar-refractivity contribution in [1.29, 1.82) is 0 Å². The second-order valence-corrected chi connectivity index (χ2v) is 5.87. The molecule has 0 saturated heterocycles. The van der Waals surface area contributed by atoms with E-state index in [-0.39, 0.29) is 0 Å². The molecule has 98 valence electrons. The number of hydrogen-bond donors (Lipinski definition) is 2. The molecule has 2 aromatic carbocycles. The topological polar surface area (TPSA) is 57.5 Å². The van der Waals surface area contributed by atoms with Crippen LogP contribution in [0.1, 0.15) is 11.1 Å². The van der Waals surface area contributed by atoms with Gasteiger partial charge in [0.1, 0.15) is 0 Å². The van der Waals surface area contributed by atoms with Crippen molar-refractivity contribution in [1.82, 2.24) is 0 Å². The number of aliphatic carboxylic acids is 1. The van der Waals surface area contributed by atoms with E-state index in [1.54, 1.807) is 48.5 Å². The van der Waals surface area contributed by atoms with Crippen LogP contribution in [0.2, 0.25) is 0 Å². The van der Waals surface area contributed by atoms with Gasteiger partial charge < -0.3 is 10.2 Å². The van der Waals surface area contributed by atoms with Gasteiger partial charge in [0, 0.05) is 20.1 Å². The highest BCUT2D eigenvalue weighted by molar-refractivity contribution is 9.10. The van der Waals surface area contributed by atoms with Gasteiger partial charge >= 0.3 is 5.97 Å². The maximum Gasteiger partial charge on any atom is 0.345 e. The molecule has 0 atom stereocenters. The van der Waals surface area contributed by atoms with E-state index in [2.05, 4.69) is 31.9 Å². The molecule has 5 heteroatoms. The van der Waals surface area contributed by atoms with E-state index in [0.717, 1.165) is 0 Å². The van der Waals surface area contributed by atoms with Crippen molar-refractivity contribution in [3.63, 3.8) is 0 Å². The van der Waals surface area contributed by atoms with Crippen LogP contribution in [-0.4, -0.2) is 16.2 Å². The fourth-order valence-electron chi connectivity index (χ4n) is 1.84. The van der Waals surface area contributed by atoms with E-state index >= 15 is 0 Å². The van der Waals surface area contributed by atoms with Crippen LogP contribution in [0.15, 0.2) is 57.5 Å². The molecule has 0 aliphatic carbocycles. The first kappa shape index (κ1) is 14.2. The summed E-state index contributed by atoms with van der Waals surface area (Å²) in [4.78, 5) is 11.6. The van der Waals surface area contributed by atoms with Crippen molar-refractivity contribution in [2.75, 3.05) is 0 Å². The fourth-order valence-corrected chi connectivity index (χ4v) is 2.64. The highest BCUT2D eigenvalue weighted by Crippen LogP contribution is 2.32. The maximum absolute atomic E-state index is 11.6. The minimum Gasteiger partial charge on any atom is -0.479 e. The summed E-state index contributed by atoms with van der Waals surface area (Å²) in [6.45, 7) is 0. The van der Waals surface area contributed by atoms with Gasteiger partial charge in [-0.25, -0.2) is 4.79 Å². The van der Waals surface area contributed by atoms with E-state index in [9.17, 15) is 15.0 Å². The van der Waals surface area contributed by atoms with Crippen LogP contribution < -0.4 is 0 Å². The van der Waals surface area contributed by atoms with Crippen LogP contribution in [0.25, 0.3) is 0 Å². The van der Waals surface area contributed by atoms with Gasteiger partial charge in [-0.05, 0) is 24.3 Å². The second-order valence-electron chi connectivity index (χ2n) is 4.04. The molecule has 0 amide bonds. The summed E-state index contributed by atoms with van der Waals surface area (Å²) < 4.78 is 1.42. The lowest BCUT2D eigenvalue weighted by molar-refractivity contribution is -0.155. The predicted molar refractivity (Wildman–Crippen MR) is 78.9 cm³/mol. The van der Waals surface area contributed by atoms with Crippen molar-refractivity contribution in [3.05, 3.63) is 68.6 Å². The summed E-state index contributed by atoms with van der Waals surface area (Å²) in [5, 5.41) is 20.1. The Labute approximate surface area is 127 Å². The number of carbonyl (C=O) groups is 1. The molecule has 2 rings (SSSR count). The molecule has 0 saturated carbocycles. The van der Waals surface area contributed by atoms with Crippen LogP contribution in [-0.2, 0) is 10.4 Å². The summed E-state index contributed by atoms with van der Waals surface area (Å²) in [7, 11) is 0. The molecular weight excluding hydrogens is 376 g/mol. The average molecular weight is 386 g/mol. The molecule has 0 radical (unpaired) electrons.